The highest BCUT2D eigenvalue weighted by Gasteiger charge is 2.52. The van der Waals surface area contributed by atoms with Crippen molar-refractivity contribution in [3.05, 3.63) is 36.0 Å². The molecule has 0 radical (unpaired) electrons. The van der Waals surface area contributed by atoms with E-state index in [0.717, 1.165) is 17.8 Å². The Kier molecular flexibility index (Phi) is 4.43. The molecule has 0 saturated heterocycles. The maximum Gasteiger partial charge on any atom is 0.0456 e. The van der Waals surface area contributed by atoms with Gasteiger partial charge in [-0.25, -0.2) is 0 Å². The van der Waals surface area contributed by atoms with Gasteiger partial charge in [-0.05, 0) is 84.3 Å². The van der Waals surface area contributed by atoms with E-state index in [1.165, 1.54) is 86.4 Å². The van der Waals surface area contributed by atoms with Crippen molar-refractivity contribution >= 4 is 28.0 Å². The van der Waals surface area contributed by atoms with Crippen LogP contribution in [0.2, 0.25) is 0 Å². The molecule has 1 aromatic carbocycles. The Balaban J connectivity index is 1.37. The van der Waals surface area contributed by atoms with Crippen LogP contribution in [0.1, 0.15) is 82.1 Å². The number of thiocarbonyl (C=S) groups is 1. The summed E-state index contributed by atoms with van der Waals surface area (Å²) < 4.78 is 0. The van der Waals surface area contributed by atoms with Gasteiger partial charge in [0.1, 0.15) is 0 Å². The second-order valence-electron chi connectivity index (χ2n) is 9.35. The van der Waals surface area contributed by atoms with Crippen molar-refractivity contribution in [2.45, 2.75) is 76.5 Å². The van der Waals surface area contributed by atoms with Gasteiger partial charge in [-0.2, -0.15) is 0 Å². The molecule has 1 nitrogen and oxygen atoms in total. The molecule has 0 amide bonds. The van der Waals surface area contributed by atoms with Gasteiger partial charge in [-0.1, -0.05) is 56.5 Å². The standard InChI is InChI=1S/C24H31NS/c26-23(15-17-5-1-2-6-17)21-9-3-7-18(16-24(21)12-13-24)19-8-4-10-22-20(19)11-14-25-22/h4,8,10-11,14,17-18,21,25H,1-3,5-7,9,12-13,15-16H2. The Bertz CT molecular complexity index is 793. The summed E-state index contributed by atoms with van der Waals surface area (Å²) in [6, 6.07) is 9.11. The molecule has 1 heterocycles. The summed E-state index contributed by atoms with van der Waals surface area (Å²) in [5.41, 5.74) is 3.43. The van der Waals surface area contributed by atoms with Gasteiger partial charge in [-0.3, -0.25) is 0 Å². The molecule has 0 aliphatic heterocycles. The fourth-order valence-corrected chi connectivity index (χ4v) is 6.80. The van der Waals surface area contributed by atoms with Crippen molar-refractivity contribution < 1.29 is 0 Å². The molecule has 2 heteroatoms. The third-order valence-corrected chi connectivity index (χ3v) is 8.20. The summed E-state index contributed by atoms with van der Waals surface area (Å²) in [6.45, 7) is 0. The van der Waals surface area contributed by atoms with Crippen molar-refractivity contribution in [3.8, 4) is 0 Å². The van der Waals surface area contributed by atoms with E-state index in [0.29, 0.717) is 5.41 Å². The van der Waals surface area contributed by atoms with E-state index in [1.807, 2.05) is 0 Å². The third-order valence-electron chi connectivity index (χ3n) is 7.75. The number of nitrogens with one attached hydrogen (secondary N) is 1. The van der Waals surface area contributed by atoms with E-state index in [1.54, 1.807) is 5.56 Å². The molecule has 1 N–H and O–H groups in total. The van der Waals surface area contributed by atoms with E-state index < -0.39 is 0 Å². The first kappa shape index (κ1) is 17.0. The lowest BCUT2D eigenvalue weighted by Crippen LogP contribution is -2.25. The van der Waals surface area contributed by atoms with Crippen molar-refractivity contribution in [3.63, 3.8) is 0 Å². The Labute approximate surface area is 163 Å². The van der Waals surface area contributed by atoms with E-state index in [4.69, 9.17) is 12.2 Å². The third kappa shape index (κ3) is 3.05. The van der Waals surface area contributed by atoms with Gasteiger partial charge in [0, 0.05) is 17.1 Å². The largest absolute Gasteiger partial charge is 0.361 e. The molecule has 5 rings (SSSR count). The van der Waals surface area contributed by atoms with E-state index in [9.17, 15) is 0 Å². The normalized spacial score (nSPS) is 28.5. The van der Waals surface area contributed by atoms with Crippen molar-refractivity contribution in [1.29, 1.82) is 0 Å². The van der Waals surface area contributed by atoms with Crippen LogP contribution < -0.4 is 0 Å². The number of aromatic amines is 1. The van der Waals surface area contributed by atoms with Crippen molar-refractivity contribution in [2.24, 2.45) is 17.3 Å². The average Bonchev–Trinajstić information content (AvgIpc) is 3.05. The zero-order chi connectivity index (χ0) is 17.6. The number of hydrogen-bond acceptors (Lipinski definition) is 1. The molecule has 1 spiro atoms. The van der Waals surface area contributed by atoms with Crippen LogP contribution in [-0.4, -0.2) is 9.85 Å². The van der Waals surface area contributed by atoms with Crippen LogP contribution in [0.15, 0.2) is 30.5 Å². The van der Waals surface area contributed by atoms with Gasteiger partial charge in [0.15, 0.2) is 0 Å². The summed E-state index contributed by atoms with van der Waals surface area (Å²) in [5.74, 6) is 2.36. The minimum absolute atomic E-state index is 0.551. The number of rotatable bonds is 4. The first-order chi connectivity index (χ1) is 12.8. The van der Waals surface area contributed by atoms with Gasteiger partial charge < -0.3 is 4.98 Å². The van der Waals surface area contributed by atoms with Gasteiger partial charge >= 0.3 is 0 Å². The monoisotopic (exact) mass is 365 g/mol. The van der Waals surface area contributed by atoms with Crippen molar-refractivity contribution in [2.75, 3.05) is 0 Å². The Morgan fingerprint density at radius 2 is 1.88 bits per heavy atom. The summed E-state index contributed by atoms with van der Waals surface area (Å²) >= 11 is 6.07. The maximum atomic E-state index is 6.07. The van der Waals surface area contributed by atoms with E-state index in [2.05, 4.69) is 35.4 Å². The molecule has 2 aromatic rings. The van der Waals surface area contributed by atoms with Gasteiger partial charge in [0.25, 0.3) is 0 Å². The van der Waals surface area contributed by atoms with Crippen molar-refractivity contribution in [1.82, 2.24) is 4.98 Å². The smallest absolute Gasteiger partial charge is 0.0456 e. The molecule has 138 valence electrons. The molecule has 3 aliphatic carbocycles. The molecular weight excluding hydrogens is 334 g/mol. The predicted octanol–water partition coefficient (Wildman–Crippen LogP) is 7.17. The van der Waals surface area contributed by atoms with Gasteiger partial charge in [0.05, 0.1) is 0 Å². The predicted molar refractivity (Wildman–Crippen MR) is 114 cm³/mol. The minimum atomic E-state index is 0.551. The Morgan fingerprint density at radius 1 is 1.04 bits per heavy atom. The molecule has 0 bridgehead atoms. The topological polar surface area (TPSA) is 15.8 Å². The van der Waals surface area contributed by atoms with Gasteiger partial charge in [-0.15, -0.1) is 0 Å². The summed E-state index contributed by atoms with van der Waals surface area (Å²) in [7, 11) is 0. The fraction of sp³-hybridized carbons (Fsp3) is 0.625. The highest BCUT2D eigenvalue weighted by molar-refractivity contribution is 7.80. The molecule has 2 unspecified atom stereocenters. The quantitative estimate of drug-likeness (QED) is 0.568. The highest BCUT2D eigenvalue weighted by Crippen LogP contribution is 2.62. The highest BCUT2D eigenvalue weighted by atomic mass is 32.1. The Morgan fingerprint density at radius 3 is 2.69 bits per heavy atom. The van der Waals surface area contributed by atoms with Gasteiger partial charge in [0.2, 0.25) is 0 Å². The summed E-state index contributed by atoms with van der Waals surface area (Å²) in [4.78, 5) is 4.85. The Hall–Kier alpha value is -1.15. The molecule has 3 saturated carbocycles. The lowest BCUT2D eigenvalue weighted by atomic mass is 9.77. The zero-order valence-electron chi connectivity index (χ0n) is 15.8. The summed E-state index contributed by atoms with van der Waals surface area (Å²) in [6.07, 6.45) is 17.3. The number of hydrogen-bond donors (Lipinski definition) is 1. The molecule has 3 fully saturated rings. The lowest BCUT2D eigenvalue weighted by molar-refractivity contribution is 0.350. The van der Waals surface area contributed by atoms with Crippen LogP contribution in [0.25, 0.3) is 10.9 Å². The van der Waals surface area contributed by atoms with Crippen LogP contribution in [0, 0.1) is 17.3 Å². The van der Waals surface area contributed by atoms with E-state index in [-0.39, 0.29) is 0 Å². The SMILES string of the molecule is S=C(CC1CCCC1)C1CCCC(c2cccc3[nH]ccc23)CC12CC2. The molecular formula is C24H31NS. The minimum Gasteiger partial charge on any atom is -0.361 e. The second-order valence-corrected chi connectivity index (χ2v) is 9.88. The number of fused-ring (bicyclic) bond motifs is 1. The summed E-state index contributed by atoms with van der Waals surface area (Å²) in [5, 5.41) is 1.44. The first-order valence-electron chi connectivity index (χ1n) is 10.8. The molecule has 26 heavy (non-hydrogen) atoms. The first-order valence-corrected chi connectivity index (χ1v) is 11.2. The van der Waals surface area contributed by atoms with E-state index >= 15 is 0 Å². The van der Waals surface area contributed by atoms with Crippen LogP contribution in [-0.2, 0) is 0 Å². The average molecular weight is 366 g/mol. The number of aromatic nitrogens is 1. The number of H-pyrrole nitrogens is 1. The zero-order valence-corrected chi connectivity index (χ0v) is 16.6. The van der Waals surface area contributed by atoms with Crippen LogP contribution in [0.4, 0.5) is 0 Å². The molecule has 2 atom stereocenters. The van der Waals surface area contributed by atoms with Crippen LogP contribution in [0.3, 0.4) is 0 Å². The van der Waals surface area contributed by atoms with Crippen LogP contribution in [0.5, 0.6) is 0 Å². The second kappa shape index (κ2) is 6.78. The molecule has 1 aromatic heterocycles. The molecule has 3 aliphatic rings. The van der Waals surface area contributed by atoms with Crippen LogP contribution >= 0.6 is 12.2 Å². The number of benzene rings is 1. The lowest BCUT2D eigenvalue weighted by Gasteiger charge is -2.29. The maximum absolute atomic E-state index is 6.07. The fourth-order valence-electron chi connectivity index (χ4n) is 6.20.